The number of piperidine rings is 1. The van der Waals surface area contributed by atoms with Gasteiger partial charge in [-0.25, -0.2) is 18.4 Å². The predicted octanol–water partition coefficient (Wildman–Crippen LogP) is 3.65. The van der Waals surface area contributed by atoms with Crippen LogP contribution >= 0.6 is 11.3 Å². The number of anilines is 2. The highest BCUT2D eigenvalue weighted by molar-refractivity contribution is 7.92. The second-order valence-electron chi connectivity index (χ2n) is 7.97. The van der Waals surface area contributed by atoms with Crippen molar-refractivity contribution in [1.82, 2.24) is 14.9 Å². The maximum Gasteiger partial charge on any atom is 0.263 e. The summed E-state index contributed by atoms with van der Waals surface area (Å²) in [6.07, 6.45) is 2.40. The fourth-order valence-electron chi connectivity index (χ4n) is 3.87. The lowest BCUT2D eigenvalue weighted by Gasteiger charge is -2.33. The molecule has 0 unspecified atom stereocenters. The minimum absolute atomic E-state index is 0.116. The van der Waals surface area contributed by atoms with Crippen LogP contribution in [-0.2, 0) is 19.6 Å². The third-order valence-electron chi connectivity index (χ3n) is 5.51. The number of aromatic nitrogens is 2. The highest BCUT2D eigenvalue weighted by Gasteiger charge is 2.31. The number of nitrogens with zero attached hydrogens (tertiary/aromatic N) is 3. The fraction of sp³-hybridized carbons (Fsp3) is 0.304. The zero-order chi connectivity index (χ0) is 24.3. The molecule has 0 saturated carbocycles. The number of nitrogens with one attached hydrogen (secondary N) is 2. The molecule has 1 aliphatic rings. The first-order valence-corrected chi connectivity index (χ1v) is 13.2. The van der Waals surface area contributed by atoms with E-state index >= 15 is 0 Å². The van der Waals surface area contributed by atoms with Gasteiger partial charge in [0.25, 0.3) is 10.0 Å². The molecule has 0 bridgehead atoms. The minimum atomic E-state index is -3.77. The van der Waals surface area contributed by atoms with Crippen LogP contribution in [0.25, 0.3) is 10.6 Å². The summed E-state index contributed by atoms with van der Waals surface area (Å²) in [6.45, 7) is 3.85. The minimum Gasteiger partial charge on any atom is -0.331 e. The zero-order valence-electron chi connectivity index (χ0n) is 18.8. The van der Waals surface area contributed by atoms with Crippen LogP contribution in [0.5, 0.6) is 0 Å². The van der Waals surface area contributed by atoms with Crippen molar-refractivity contribution in [3.05, 3.63) is 54.2 Å². The molecule has 1 fully saturated rings. The summed E-state index contributed by atoms with van der Waals surface area (Å²) >= 11 is 1.25. The van der Waals surface area contributed by atoms with Gasteiger partial charge in [-0.3, -0.25) is 14.3 Å². The van der Waals surface area contributed by atoms with Crippen molar-refractivity contribution in [2.75, 3.05) is 16.6 Å². The Balaban J connectivity index is 1.52. The lowest BCUT2D eigenvalue weighted by molar-refractivity contribution is -0.138. The van der Waals surface area contributed by atoms with Gasteiger partial charge in [-0.1, -0.05) is 35.6 Å². The van der Waals surface area contributed by atoms with Crippen molar-refractivity contribution in [3.63, 3.8) is 0 Å². The largest absolute Gasteiger partial charge is 0.331 e. The molecule has 4 rings (SSSR count). The highest BCUT2D eigenvalue weighted by Crippen LogP contribution is 2.33. The number of hydrogen-bond donors (Lipinski definition) is 2. The lowest BCUT2D eigenvalue weighted by Crippen LogP contribution is -2.49. The van der Waals surface area contributed by atoms with E-state index in [4.69, 9.17) is 0 Å². The molecular weight excluding hydrogens is 474 g/mol. The standard InChI is InChI=1S/C23H25N5O4S2/c1-15-21(33-23(24-15)26-22(30)19-12-6-7-14-28(19)16(2)29)18-11-8-13-20(25-18)27-34(31,32)17-9-4-3-5-10-17/h3-5,8-11,13,19H,6-7,12,14H2,1-2H3,(H,25,27)(H,24,26,30)/t19-/m1/s1. The first kappa shape index (κ1) is 23.8. The molecule has 1 saturated heterocycles. The Bertz CT molecular complexity index is 1310. The maximum atomic E-state index is 12.9. The summed E-state index contributed by atoms with van der Waals surface area (Å²) in [7, 11) is -3.77. The van der Waals surface area contributed by atoms with Crippen LogP contribution in [0.3, 0.4) is 0 Å². The molecular formula is C23H25N5O4S2. The van der Waals surface area contributed by atoms with Gasteiger partial charge in [0.1, 0.15) is 11.9 Å². The molecule has 2 N–H and O–H groups in total. The summed E-state index contributed by atoms with van der Waals surface area (Å²) < 4.78 is 27.8. The second-order valence-corrected chi connectivity index (χ2v) is 10.7. The Morgan fingerprint density at radius 2 is 1.82 bits per heavy atom. The number of benzene rings is 1. The molecule has 3 heterocycles. The van der Waals surface area contributed by atoms with Gasteiger partial charge >= 0.3 is 0 Å². The van der Waals surface area contributed by atoms with Gasteiger partial charge in [0.05, 0.1) is 21.2 Å². The molecule has 0 aliphatic carbocycles. The van der Waals surface area contributed by atoms with Crippen molar-refractivity contribution in [3.8, 4) is 10.6 Å². The molecule has 2 aromatic heterocycles. The summed E-state index contributed by atoms with van der Waals surface area (Å²) in [5, 5.41) is 3.24. The van der Waals surface area contributed by atoms with Crippen LogP contribution in [0, 0.1) is 6.92 Å². The van der Waals surface area contributed by atoms with E-state index in [-0.39, 0.29) is 22.5 Å². The van der Waals surface area contributed by atoms with E-state index in [2.05, 4.69) is 20.0 Å². The smallest absolute Gasteiger partial charge is 0.263 e. The summed E-state index contributed by atoms with van der Waals surface area (Å²) in [5.41, 5.74) is 1.19. The van der Waals surface area contributed by atoms with Crippen molar-refractivity contribution < 1.29 is 18.0 Å². The first-order valence-electron chi connectivity index (χ1n) is 10.9. The lowest BCUT2D eigenvalue weighted by atomic mass is 10.0. The topological polar surface area (TPSA) is 121 Å². The Kier molecular flexibility index (Phi) is 6.94. The molecule has 3 aromatic rings. The Labute approximate surface area is 202 Å². The van der Waals surface area contributed by atoms with Gasteiger partial charge in [0.15, 0.2) is 5.13 Å². The Morgan fingerprint density at radius 3 is 2.56 bits per heavy atom. The predicted molar refractivity (Wildman–Crippen MR) is 131 cm³/mol. The van der Waals surface area contributed by atoms with Crippen molar-refractivity contribution in [1.29, 1.82) is 0 Å². The van der Waals surface area contributed by atoms with E-state index in [0.717, 1.165) is 12.8 Å². The van der Waals surface area contributed by atoms with Crippen LogP contribution in [0.2, 0.25) is 0 Å². The average molecular weight is 500 g/mol. The number of amides is 2. The first-order chi connectivity index (χ1) is 16.2. The van der Waals surface area contributed by atoms with E-state index in [1.807, 2.05) is 0 Å². The summed E-state index contributed by atoms with van der Waals surface area (Å²) in [5.74, 6) is -0.193. The Hall–Kier alpha value is -3.31. The molecule has 178 valence electrons. The van der Waals surface area contributed by atoms with Crippen LogP contribution in [0.4, 0.5) is 10.9 Å². The number of aryl methyl sites for hydroxylation is 1. The number of carbonyl (C=O) groups excluding carboxylic acids is 2. The van der Waals surface area contributed by atoms with Crippen LogP contribution in [0.1, 0.15) is 31.9 Å². The van der Waals surface area contributed by atoms with Crippen LogP contribution in [0.15, 0.2) is 53.4 Å². The molecule has 9 nitrogen and oxygen atoms in total. The number of thiazole rings is 1. The van der Waals surface area contributed by atoms with Gasteiger partial charge in [0, 0.05) is 13.5 Å². The van der Waals surface area contributed by atoms with E-state index in [9.17, 15) is 18.0 Å². The van der Waals surface area contributed by atoms with E-state index < -0.39 is 16.1 Å². The SMILES string of the molecule is CC(=O)N1CCCC[C@@H]1C(=O)Nc1nc(C)c(-c2cccc(NS(=O)(=O)c3ccccc3)n2)s1. The molecule has 0 spiro atoms. The van der Waals surface area contributed by atoms with Crippen molar-refractivity contribution >= 4 is 44.1 Å². The average Bonchev–Trinajstić information content (AvgIpc) is 3.19. The number of sulfonamides is 1. The molecule has 0 radical (unpaired) electrons. The Morgan fingerprint density at radius 1 is 1.06 bits per heavy atom. The molecule has 34 heavy (non-hydrogen) atoms. The number of pyridine rings is 1. The van der Waals surface area contributed by atoms with Gasteiger partial charge in [-0.2, -0.15) is 0 Å². The number of carbonyl (C=O) groups is 2. The maximum absolute atomic E-state index is 12.9. The van der Waals surface area contributed by atoms with Gasteiger partial charge in [-0.05, 0) is 50.5 Å². The molecule has 1 atom stereocenters. The quantitative estimate of drug-likeness (QED) is 0.534. The third-order valence-corrected chi connectivity index (χ3v) is 7.98. The van der Waals surface area contributed by atoms with Crippen LogP contribution in [-0.4, -0.2) is 47.7 Å². The number of likely N-dealkylation sites (tertiary alicyclic amines) is 1. The normalized spacial score (nSPS) is 16.2. The second kappa shape index (κ2) is 9.90. The third kappa shape index (κ3) is 5.26. The molecule has 1 aromatic carbocycles. The highest BCUT2D eigenvalue weighted by atomic mass is 32.2. The zero-order valence-corrected chi connectivity index (χ0v) is 20.4. The molecule has 11 heteroatoms. The monoisotopic (exact) mass is 499 g/mol. The molecule has 2 amide bonds. The van der Waals surface area contributed by atoms with Crippen molar-refractivity contribution in [2.45, 2.75) is 44.0 Å². The number of hydrogen-bond acceptors (Lipinski definition) is 7. The summed E-state index contributed by atoms with van der Waals surface area (Å²) in [4.78, 5) is 36.1. The van der Waals surface area contributed by atoms with Crippen LogP contribution < -0.4 is 10.0 Å². The van der Waals surface area contributed by atoms with Gasteiger partial charge < -0.3 is 10.2 Å². The van der Waals surface area contributed by atoms with Gasteiger partial charge in [0.2, 0.25) is 11.8 Å². The van der Waals surface area contributed by atoms with E-state index in [1.54, 1.807) is 48.2 Å². The number of rotatable bonds is 6. The fourth-order valence-corrected chi connectivity index (χ4v) is 5.83. The summed E-state index contributed by atoms with van der Waals surface area (Å²) in [6, 6.07) is 12.6. The van der Waals surface area contributed by atoms with E-state index in [1.165, 1.54) is 30.4 Å². The molecule has 1 aliphatic heterocycles. The van der Waals surface area contributed by atoms with E-state index in [0.29, 0.717) is 34.4 Å². The van der Waals surface area contributed by atoms with Gasteiger partial charge in [-0.15, -0.1) is 0 Å². The van der Waals surface area contributed by atoms with Crippen molar-refractivity contribution in [2.24, 2.45) is 0 Å².